The van der Waals surface area contributed by atoms with E-state index in [4.69, 9.17) is 0 Å². The maximum Gasteiger partial charge on any atom is 0.159 e. The topological polar surface area (TPSA) is 41.3 Å². The van der Waals surface area contributed by atoms with Crippen LogP contribution >= 0.6 is 0 Å². The fourth-order valence-electron chi connectivity index (χ4n) is 3.32. The average molecular weight is 335 g/mol. The molecular weight excluding hydrogens is 312 g/mol. The number of aliphatic hydroxyl groups is 1. The van der Waals surface area contributed by atoms with Gasteiger partial charge in [0.2, 0.25) is 0 Å². The number of halogens is 2. The number of hydrogen-bond acceptors (Lipinski definition) is 3. The summed E-state index contributed by atoms with van der Waals surface area (Å²) in [5.74, 6) is -1.18. The number of nitrogens with zero attached hydrogens (tertiary/aromatic N) is 3. The van der Waals surface area contributed by atoms with Crippen molar-refractivity contribution in [3.63, 3.8) is 0 Å². The lowest BCUT2D eigenvalue weighted by Crippen LogP contribution is -2.24. The first-order chi connectivity index (χ1) is 11.4. The van der Waals surface area contributed by atoms with Crippen molar-refractivity contribution in [3.8, 4) is 0 Å². The molecule has 2 atom stereocenters. The Kier molecular flexibility index (Phi) is 4.96. The minimum absolute atomic E-state index is 0.122. The van der Waals surface area contributed by atoms with Gasteiger partial charge in [-0.05, 0) is 30.0 Å². The van der Waals surface area contributed by atoms with Crippen LogP contribution in [0.3, 0.4) is 0 Å². The Bertz CT molecular complexity index is 701. The first kappa shape index (κ1) is 17.0. The minimum atomic E-state index is -0.849. The second kappa shape index (κ2) is 6.99. The molecule has 1 N–H and O–H groups in total. The highest BCUT2D eigenvalue weighted by molar-refractivity contribution is 5.23. The molecule has 1 aromatic carbocycles. The third kappa shape index (κ3) is 3.82. The lowest BCUT2D eigenvalue weighted by molar-refractivity contribution is 0.172. The van der Waals surface area contributed by atoms with Gasteiger partial charge in [0.15, 0.2) is 11.6 Å². The van der Waals surface area contributed by atoms with Gasteiger partial charge in [0.05, 0.1) is 12.3 Å². The van der Waals surface area contributed by atoms with Crippen LogP contribution in [0.2, 0.25) is 0 Å². The molecule has 0 radical (unpaired) electrons. The zero-order chi connectivity index (χ0) is 17.3. The van der Waals surface area contributed by atoms with E-state index in [0.29, 0.717) is 31.0 Å². The normalized spacial score (nSPS) is 21.8. The van der Waals surface area contributed by atoms with Gasteiger partial charge in [-0.15, -0.1) is 0 Å². The maximum absolute atomic E-state index is 13.5. The molecule has 1 aliphatic heterocycles. The fraction of sp³-hybridized carbons (Fsp3) is 0.500. The van der Waals surface area contributed by atoms with Crippen molar-refractivity contribution in [1.29, 1.82) is 0 Å². The highest BCUT2D eigenvalue weighted by Gasteiger charge is 2.32. The van der Waals surface area contributed by atoms with Crippen LogP contribution < -0.4 is 0 Å². The van der Waals surface area contributed by atoms with Crippen LogP contribution in [-0.4, -0.2) is 32.4 Å². The summed E-state index contributed by atoms with van der Waals surface area (Å²) < 4.78 is 28.6. The van der Waals surface area contributed by atoms with E-state index in [0.717, 1.165) is 18.2 Å². The molecule has 130 valence electrons. The molecule has 2 aromatic rings. The fourth-order valence-corrected chi connectivity index (χ4v) is 3.32. The average Bonchev–Trinajstić information content (AvgIpc) is 3.08. The SMILES string of the molecule is CC(C)Cn1cc(CN2C[C@@H](O)C[C@H]2c2ccc(F)c(F)c2)cn1. The van der Waals surface area contributed by atoms with E-state index < -0.39 is 17.7 Å². The molecule has 1 aliphatic rings. The summed E-state index contributed by atoms with van der Waals surface area (Å²) in [5.41, 5.74) is 1.75. The zero-order valence-electron chi connectivity index (χ0n) is 14.0. The first-order valence-corrected chi connectivity index (χ1v) is 8.30. The van der Waals surface area contributed by atoms with Crippen LogP contribution in [0.1, 0.15) is 37.4 Å². The second-order valence-corrected chi connectivity index (χ2v) is 6.97. The molecule has 0 amide bonds. The maximum atomic E-state index is 13.5. The van der Waals surface area contributed by atoms with Crippen molar-refractivity contribution in [3.05, 3.63) is 53.4 Å². The van der Waals surface area contributed by atoms with Gasteiger partial charge >= 0.3 is 0 Å². The van der Waals surface area contributed by atoms with E-state index in [9.17, 15) is 13.9 Å². The summed E-state index contributed by atoms with van der Waals surface area (Å²) in [6, 6.07) is 3.85. The monoisotopic (exact) mass is 335 g/mol. The van der Waals surface area contributed by atoms with Gasteiger partial charge in [0, 0.05) is 37.4 Å². The molecule has 3 rings (SSSR count). The summed E-state index contributed by atoms with van der Waals surface area (Å²) in [4.78, 5) is 2.09. The second-order valence-electron chi connectivity index (χ2n) is 6.97. The molecule has 0 bridgehead atoms. The van der Waals surface area contributed by atoms with Crippen LogP contribution in [0, 0.1) is 17.6 Å². The van der Waals surface area contributed by atoms with Crippen LogP contribution in [0.25, 0.3) is 0 Å². The summed E-state index contributed by atoms with van der Waals surface area (Å²) in [7, 11) is 0. The van der Waals surface area contributed by atoms with Crippen molar-refractivity contribution in [1.82, 2.24) is 14.7 Å². The summed E-state index contributed by atoms with van der Waals surface area (Å²) in [6.45, 7) is 6.27. The molecule has 0 saturated carbocycles. The van der Waals surface area contributed by atoms with Gasteiger partial charge < -0.3 is 5.11 Å². The number of hydrogen-bond donors (Lipinski definition) is 1. The highest BCUT2D eigenvalue weighted by Crippen LogP contribution is 2.34. The largest absolute Gasteiger partial charge is 0.392 e. The highest BCUT2D eigenvalue weighted by atomic mass is 19.2. The van der Waals surface area contributed by atoms with E-state index in [1.54, 1.807) is 6.07 Å². The van der Waals surface area contributed by atoms with Gasteiger partial charge in [-0.2, -0.15) is 5.10 Å². The van der Waals surface area contributed by atoms with Gasteiger partial charge in [-0.3, -0.25) is 9.58 Å². The van der Waals surface area contributed by atoms with E-state index in [1.807, 2.05) is 17.1 Å². The van der Waals surface area contributed by atoms with E-state index in [-0.39, 0.29) is 6.04 Å². The zero-order valence-corrected chi connectivity index (χ0v) is 14.0. The van der Waals surface area contributed by atoms with Crippen molar-refractivity contribution < 1.29 is 13.9 Å². The van der Waals surface area contributed by atoms with E-state index in [1.165, 1.54) is 6.07 Å². The summed E-state index contributed by atoms with van der Waals surface area (Å²) in [6.07, 6.45) is 3.89. The van der Waals surface area contributed by atoms with Crippen molar-refractivity contribution in [2.24, 2.45) is 5.92 Å². The Morgan fingerprint density at radius 3 is 2.79 bits per heavy atom. The lowest BCUT2D eigenvalue weighted by atomic mass is 10.0. The van der Waals surface area contributed by atoms with E-state index in [2.05, 4.69) is 23.8 Å². The molecule has 0 aliphatic carbocycles. The van der Waals surface area contributed by atoms with Gasteiger partial charge in [0.1, 0.15) is 0 Å². The van der Waals surface area contributed by atoms with Crippen molar-refractivity contribution in [2.45, 2.75) is 45.5 Å². The van der Waals surface area contributed by atoms with Crippen molar-refractivity contribution in [2.75, 3.05) is 6.54 Å². The third-order valence-electron chi connectivity index (χ3n) is 4.33. The van der Waals surface area contributed by atoms with E-state index >= 15 is 0 Å². The van der Waals surface area contributed by atoms with Gasteiger partial charge in [-0.1, -0.05) is 19.9 Å². The van der Waals surface area contributed by atoms with Gasteiger partial charge in [0.25, 0.3) is 0 Å². The predicted octanol–water partition coefficient (Wildman–Crippen LogP) is 3.13. The molecule has 24 heavy (non-hydrogen) atoms. The number of aromatic nitrogens is 2. The smallest absolute Gasteiger partial charge is 0.159 e. The molecule has 1 saturated heterocycles. The Hall–Kier alpha value is -1.79. The van der Waals surface area contributed by atoms with Crippen LogP contribution in [0.15, 0.2) is 30.6 Å². The molecule has 0 spiro atoms. The summed E-state index contributed by atoms with van der Waals surface area (Å²) in [5, 5.41) is 14.4. The Morgan fingerprint density at radius 2 is 2.08 bits per heavy atom. The lowest BCUT2D eigenvalue weighted by Gasteiger charge is -2.24. The Labute approximate surface area is 140 Å². The summed E-state index contributed by atoms with van der Waals surface area (Å²) >= 11 is 0. The molecule has 1 aromatic heterocycles. The van der Waals surface area contributed by atoms with Gasteiger partial charge in [-0.25, -0.2) is 8.78 Å². The molecular formula is C18H23F2N3O. The Balaban J connectivity index is 1.75. The number of likely N-dealkylation sites (tertiary alicyclic amines) is 1. The molecule has 4 nitrogen and oxygen atoms in total. The number of rotatable bonds is 5. The standard InChI is InChI=1S/C18H23F2N3O/c1-12(2)8-23-10-13(7-21-23)9-22-11-15(24)6-18(22)14-3-4-16(19)17(20)5-14/h3-5,7,10,12,15,18,24H,6,8-9,11H2,1-2H3/t15-,18-/m0/s1. The molecule has 0 unspecified atom stereocenters. The third-order valence-corrected chi connectivity index (χ3v) is 4.33. The van der Waals surface area contributed by atoms with Crippen molar-refractivity contribution >= 4 is 0 Å². The number of aliphatic hydroxyl groups excluding tert-OH is 1. The number of benzene rings is 1. The van der Waals surface area contributed by atoms with Crippen LogP contribution in [0.4, 0.5) is 8.78 Å². The quantitative estimate of drug-likeness (QED) is 0.913. The minimum Gasteiger partial charge on any atom is -0.392 e. The van der Waals surface area contributed by atoms with Crippen LogP contribution in [-0.2, 0) is 13.1 Å². The van der Waals surface area contributed by atoms with Crippen LogP contribution in [0.5, 0.6) is 0 Å². The molecule has 1 fully saturated rings. The Morgan fingerprint density at radius 1 is 1.29 bits per heavy atom. The predicted molar refractivity (Wildman–Crippen MR) is 87.2 cm³/mol. The molecule has 6 heteroatoms. The molecule has 2 heterocycles. The first-order valence-electron chi connectivity index (χ1n) is 8.30. The number of β-amino-alcohol motifs (C(OH)–C–C–N with tert-alkyl or cyclic N) is 1.